The molecule has 1 heterocycles. The Kier molecular flexibility index (Phi) is 5.43. The van der Waals surface area contributed by atoms with Gasteiger partial charge in [-0.2, -0.15) is 0 Å². The maximum Gasteiger partial charge on any atom is 0.410 e. The summed E-state index contributed by atoms with van der Waals surface area (Å²) in [7, 11) is 1.32. The molecule has 1 aliphatic heterocycles. The third-order valence-electron chi connectivity index (χ3n) is 2.65. The average Bonchev–Trinajstić information content (AvgIpc) is 2.13. The van der Waals surface area contributed by atoms with Crippen molar-refractivity contribution < 1.29 is 19.1 Å². The molecule has 1 aliphatic rings. The molecule has 0 aromatic carbocycles. The molecule has 2 N–H and O–H groups in total. The quantitative estimate of drug-likeness (QED) is 0.756. The Morgan fingerprint density at radius 3 is 2.17 bits per heavy atom. The summed E-state index contributed by atoms with van der Waals surface area (Å²) < 4.78 is 9.87. The molecule has 0 atom stereocenters. The van der Waals surface area contributed by atoms with Gasteiger partial charge in [0.25, 0.3) is 0 Å². The van der Waals surface area contributed by atoms with E-state index in [0.717, 1.165) is 0 Å². The van der Waals surface area contributed by atoms with Crippen LogP contribution < -0.4 is 5.73 Å². The topological polar surface area (TPSA) is 81.9 Å². The second-order valence-corrected chi connectivity index (χ2v) is 5.31. The van der Waals surface area contributed by atoms with Gasteiger partial charge in [-0.05, 0) is 20.8 Å². The van der Waals surface area contributed by atoms with Crippen LogP contribution in [-0.4, -0.2) is 49.3 Å². The number of likely N-dealkylation sites (tertiary alicyclic amines) is 1. The number of nitrogens with zero attached hydrogens (tertiary/aromatic N) is 1. The number of carbonyl (C=O) groups excluding carboxylic acids is 2. The average molecular weight is 281 g/mol. The van der Waals surface area contributed by atoms with Crippen molar-refractivity contribution in [1.29, 1.82) is 0 Å². The zero-order chi connectivity index (χ0) is 13.3. The zero-order valence-electron chi connectivity index (χ0n) is 11.2. The van der Waals surface area contributed by atoms with Crippen molar-refractivity contribution in [1.82, 2.24) is 4.90 Å². The fraction of sp³-hybridized carbons (Fsp3) is 0.818. The van der Waals surface area contributed by atoms with E-state index < -0.39 is 17.1 Å². The molecule has 0 aromatic heterocycles. The van der Waals surface area contributed by atoms with E-state index in [1.807, 2.05) is 0 Å². The van der Waals surface area contributed by atoms with Crippen LogP contribution in [0.15, 0.2) is 0 Å². The van der Waals surface area contributed by atoms with E-state index in [1.165, 1.54) is 12.0 Å². The molecule has 1 rings (SSSR count). The van der Waals surface area contributed by atoms with E-state index in [0.29, 0.717) is 0 Å². The third kappa shape index (κ3) is 3.49. The van der Waals surface area contributed by atoms with Crippen LogP contribution >= 0.6 is 12.4 Å². The van der Waals surface area contributed by atoms with Crippen LogP contribution in [0.3, 0.4) is 0 Å². The number of hydrogen-bond acceptors (Lipinski definition) is 5. The fourth-order valence-corrected chi connectivity index (χ4v) is 1.70. The van der Waals surface area contributed by atoms with Crippen molar-refractivity contribution in [3.05, 3.63) is 0 Å². The maximum atomic E-state index is 11.7. The summed E-state index contributed by atoms with van der Waals surface area (Å²) in [6, 6.07) is 0. The Morgan fingerprint density at radius 2 is 1.83 bits per heavy atom. The summed E-state index contributed by atoms with van der Waals surface area (Å²) in [6.07, 6.45) is -0.425. The monoisotopic (exact) mass is 280 g/mol. The second-order valence-electron chi connectivity index (χ2n) is 5.31. The summed E-state index contributed by atoms with van der Waals surface area (Å²) in [5.74, 6) is -0.375. The van der Waals surface area contributed by atoms with Crippen molar-refractivity contribution in [3.63, 3.8) is 0 Å². The lowest BCUT2D eigenvalue weighted by Crippen LogP contribution is -2.65. The van der Waals surface area contributed by atoms with E-state index in [2.05, 4.69) is 4.74 Å². The Bertz CT molecular complexity index is 321. The van der Waals surface area contributed by atoms with Gasteiger partial charge in [0.2, 0.25) is 0 Å². The minimum absolute atomic E-state index is 0. The van der Waals surface area contributed by atoms with E-state index in [9.17, 15) is 9.59 Å². The molecule has 6 nitrogen and oxygen atoms in total. The Balaban J connectivity index is 0.00000289. The first-order valence-electron chi connectivity index (χ1n) is 5.50. The van der Waals surface area contributed by atoms with Crippen molar-refractivity contribution in [2.75, 3.05) is 26.7 Å². The highest BCUT2D eigenvalue weighted by molar-refractivity contribution is 5.85. The predicted octanol–water partition coefficient (Wildman–Crippen LogP) is 0.777. The van der Waals surface area contributed by atoms with Gasteiger partial charge in [0.05, 0.1) is 7.11 Å². The largest absolute Gasteiger partial charge is 0.468 e. The minimum atomic E-state index is -0.758. The highest BCUT2D eigenvalue weighted by Crippen LogP contribution is 2.31. The first-order chi connectivity index (χ1) is 7.74. The van der Waals surface area contributed by atoms with E-state index >= 15 is 0 Å². The molecule has 0 unspecified atom stereocenters. The molecule has 0 aromatic rings. The van der Waals surface area contributed by atoms with E-state index in [-0.39, 0.29) is 38.0 Å². The highest BCUT2D eigenvalue weighted by atomic mass is 35.5. The van der Waals surface area contributed by atoms with Gasteiger partial charge in [-0.25, -0.2) is 4.79 Å². The number of carbonyl (C=O) groups is 2. The molecule has 0 spiro atoms. The zero-order valence-corrected chi connectivity index (χ0v) is 12.0. The van der Waals surface area contributed by atoms with Gasteiger partial charge in [-0.1, -0.05) is 0 Å². The van der Waals surface area contributed by atoms with Crippen LogP contribution in [0.4, 0.5) is 4.79 Å². The van der Waals surface area contributed by atoms with Crippen molar-refractivity contribution in [2.45, 2.75) is 26.4 Å². The molecule has 1 saturated heterocycles. The minimum Gasteiger partial charge on any atom is -0.468 e. The lowest BCUT2D eigenvalue weighted by Gasteiger charge is -2.46. The lowest BCUT2D eigenvalue weighted by molar-refractivity contribution is -0.161. The van der Waals surface area contributed by atoms with Crippen LogP contribution in [0, 0.1) is 5.41 Å². The highest BCUT2D eigenvalue weighted by Gasteiger charge is 2.52. The smallest absolute Gasteiger partial charge is 0.410 e. The lowest BCUT2D eigenvalue weighted by atomic mass is 9.80. The molecule has 18 heavy (non-hydrogen) atoms. The third-order valence-corrected chi connectivity index (χ3v) is 2.65. The molecule has 1 fully saturated rings. The Hall–Kier alpha value is -1.01. The predicted molar refractivity (Wildman–Crippen MR) is 68.6 cm³/mol. The number of nitrogens with two attached hydrogens (primary N) is 1. The number of methoxy groups -OCH3 is 1. The molecule has 1 amide bonds. The normalized spacial score (nSPS) is 17.3. The Morgan fingerprint density at radius 1 is 1.33 bits per heavy atom. The van der Waals surface area contributed by atoms with Crippen molar-refractivity contribution in [2.24, 2.45) is 11.1 Å². The summed E-state index contributed by atoms with van der Waals surface area (Å²) in [6.45, 7) is 6.05. The first kappa shape index (κ1) is 17.0. The van der Waals surface area contributed by atoms with Gasteiger partial charge >= 0.3 is 12.1 Å². The van der Waals surface area contributed by atoms with Gasteiger partial charge in [0.1, 0.15) is 11.0 Å². The van der Waals surface area contributed by atoms with Crippen molar-refractivity contribution >= 4 is 24.5 Å². The van der Waals surface area contributed by atoms with Gasteiger partial charge in [0.15, 0.2) is 0 Å². The number of rotatable bonds is 2. The van der Waals surface area contributed by atoms with E-state index in [4.69, 9.17) is 10.5 Å². The summed E-state index contributed by atoms with van der Waals surface area (Å²) in [5, 5.41) is 0. The maximum absolute atomic E-state index is 11.7. The van der Waals surface area contributed by atoms with Crippen LogP contribution in [0.25, 0.3) is 0 Å². The van der Waals surface area contributed by atoms with Gasteiger partial charge in [-0.15, -0.1) is 12.4 Å². The SMILES string of the molecule is COC(=O)C1(CN)CN(C(=O)OC(C)(C)C)C1.Cl. The second kappa shape index (κ2) is 5.75. The van der Waals surface area contributed by atoms with Crippen LogP contribution in [0.1, 0.15) is 20.8 Å². The summed E-state index contributed by atoms with van der Waals surface area (Å²) in [5.41, 5.74) is 4.26. The standard InChI is InChI=1S/C11H20N2O4.ClH/c1-10(2,3)17-9(15)13-6-11(5-12,7-13)8(14)16-4;/h5-7,12H2,1-4H3;1H. The molecule has 0 radical (unpaired) electrons. The van der Waals surface area contributed by atoms with Crippen molar-refractivity contribution in [3.8, 4) is 0 Å². The van der Waals surface area contributed by atoms with E-state index in [1.54, 1.807) is 20.8 Å². The molecular weight excluding hydrogens is 260 g/mol. The summed E-state index contributed by atoms with van der Waals surface area (Å²) in [4.78, 5) is 24.6. The van der Waals surface area contributed by atoms with Crippen LogP contribution in [-0.2, 0) is 14.3 Å². The van der Waals surface area contributed by atoms with Crippen LogP contribution in [0.5, 0.6) is 0 Å². The number of ether oxygens (including phenoxy) is 2. The van der Waals surface area contributed by atoms with Crippen LogP contribution in [0.2, 0.25) is 0 Å². The van der Waals surface area contributed by atoms with Gasteiger partial charge < -0.3 is 20.1 Å². The summed E-state index contributed by atoms with van der Waals surface area (Å²) >= 11 is 0. The molecule has 0 bridgehead atoms. The number of esters is 1. The first-order valence-corrected chi connectivity index (χ1v) is 5.50. The number of amides is 1. The van der Waals surface area contributed by atoms with Gasteiger partial charge in [-0.3, -0.25) is 4.79 Å². The Labute approximate surface area is 113 Å². The van der Waals surface area contributed by atoms with Gasteiger partial charge in [0, 0.05) is 19.6 Å². The molecular formula is C11H21ClN2O4. The molecule has 0 aliphatic carbocycles. The fourth-order valence-electron chi connectivity index (χ4n) is 1.70. The number of hydrogen-bond donors (Lipinski definition) is 1. The number of halogens is 1. The molecule has 0 saturated carbocycles. The molecule has 7 heteroatoms. The molecule has 106 valence electrons.